The first-order valence-electron chi connectivity index (χ1n) is 8.17. The van der Waals surface area contributed by atoms with E-state index in [9.17, 15) is 14.4 Å². The molecule has 21 heavy (non-hydrogen) atoms. The van der Waals surface area contributed by atoms with Crippen molar-refractivity contribution in [3.63, 3.8) is 0 Å². The lowest BCUT2D eigenvalue weighted by atomic mass is 9.84. The number of nitrogens with one attached hydrogen (secondary N) is 1. The molecular weight excluding hydrogens is 268 g/mol. The Labute approximate surface area is 126 Å². The van der Waals surface area contributed by atoms with Crippen LogP contribution in [0.5, 0.6) is 0 Å². The van der Waals surface area contributed by atoms with Gasteiger partial charge in [0.15, 0.2) is 5.78 Å². The number of carbonyl (C=O) groups is 3. The molecule has 1 unspecified atom stereocenters. The van der Waals surface area contributed by atoms with Crippen LogP contribution in [0.15, 0.2) is 0 Å². The van der Waals surface area contributed by atoms with Crippen LogP contribution in [0.3, 0.4) is 0 Å². The summed E-state index contributed by atoms with van der Waals surface area (Å²) in [5.41, 5.74) is -0.743. The van der Waals surface area contributed by atoms with E-state index in [-0.39, 0.29) is 24.2 Å². The van der Waals surface area contributed by atoms with Crippen molar-refractivity contribution in [3.05, 3.63) is 0 Å². The van der Waals surface area contributed by atoms with Crippen molar-refractivity contribution < 1.29 is 14.4 Å². The fraction of sp³-hybridized carbons (Fsp3) is 0.812. The Hall–Kier alpha value is -1.39. The second-order valence-corrected chi connectivity index (χ2v) is 6.45. The van der Waals surface area contributed by atoms with E-state index in [0.717, 1.165) is 37.0 Å². The molecule has 5 nitrogen and oxygen atoms in total. The number of ketones is 1. The van der Waals surface area contributed by atoms with E-state index >= 15 is 0 Å². The maximum absolute atomic E-state index is 12.7. The third kappa shape index (κ3) is 3.27. The molecule has 0 radical (unpaired) electrons. The van der Waals surface area contributed by atoms with Crippen LogP contribution in [0.1, 0.15) is 65.2 Å². The smallest absolute Gasteiger partial charge is 0.323 e. The van der Waals surface area contributed by atoms with Crippen LogP contribution < -0.4 is 5.32 Å². The molecule has 2 fully saturated rings. The summed E-state index contributed by atoms with van der Waals surface area (Å²) >= 11 is 0. The monoisotopic (exact) mass is 294 g/mol. The van der Waals surface area contributed by atoms with Crippen molar-refractivity contribution in [2.45, 2.75) is 70.8 Å². The zero-order valence-electron chi connectivity index (χ0n) is 13.1. The summed E-state index contributed by atoms with van der Waals surface area (Å²) in [6, 6.07) is -0.391. The molecule has 5 heteroatoms. The standard InChI is InChI=1S/C16H26N2O3/c1-3-12(2)13(19)11-18-14(20)16(17-15(18)21)9-7-5-4-6-8-10-16/h12H,3-11H2,1-2H3,(H,17,21). The quantitative estimate of drug-likeness (QED) is 0.811. The van der Waals surface area contributed by atoms with Crippen molar-refractivity contribution in [3.8, 4) is 0 Å². The predicted octanol–water partition coefficient (Wildman–Crippen LogP) is 2.64. The van der Waals surface area contributed by atoms with E-state index in [1.807, 2.05) is 13.8 Å². The van der Waals surface area contributed by atoms with Gasteiger partial charge < -0.3 is 5.32 Å². The molecule has 2 rings (SSSR count). The average molecular weight is 294 g/mol. The van der Waals surface area contributed by atoms with Gasteiger partial charge in [0.05, 0.1) is 6.54 Å². The Kier molecular flexibility index (Phi) is 5.01. The van der Waals surface area contributed by atoms with Crippen molar-refractivity contribution >= 4 is 17.7 Å². The Bertz CT molecular complexity index is 425. The van der Waals surface area contributed by atoms with Gasteiger partial charge in [-0.15, -0.1) is 0 Å². The van der Waals surface area contributed by atoms with Crippen molar-refractivity contribution in [2.24, 2.45) is 5.92 Å². The zero-order valence-corrected chi connectivity index (χ0v) is 13.1. The molecule has 1 saturated carbocycles. The molecule has 1 heterocycles. The number of rotatable bonds is 4. The first-order chi connectivity index (χ1) is 10.00. The van der Waals surface area contributed by atoms with E-state index in [2.05, 4.69) is 5.32 Å². The molecule has 0 aromatic rings. The molecular formula is C16H26N2O3. The minimum absolute atomic E-state index is 0.0381. The molecule has 0 aromatic heterocycles. The number of nitrogens with zero attached hydrogens (tertiary/aromatic N) is 1. The van der Waals surface area contributed by atoms with Gasteiger partial charge in [-0.3, -0.25) is 14.5 Å². The summed E-state index contributed by atoms with van der Waals surface area (Å²) in [6.07, 6.45) is 7.46. The van der Waals surface area contributed by atoms with Gasteiger partial charge in [0.2, 0.25) is 0 Å². The highest BCUT2D eigenvalue weighted by molar-refractivity contribution is 6.09. The van der Waals surface area contributed by atoms with Gasteiger partial charge in [0.1, 0.15) is 5.54 Å². The zero-order chi connectivity index (χ0) is 15.5. The summed E-state index contributed by atoms with van der Waals surface area (Å²) in [7, 11) is 0. The Morgan fingerprint density at radius 3 is 2.33 bits per heavy atom. The third-order valence-corrected chi connectivity index (χ3v) is 4.93. The minimum atomic E-state index is -0.743. The summed E-state index contributed by atoms with van der Waals surface area (Å²) in [6.45, 7) is 3.69. The van der Waals surface area contributed by atoms with Crippen LogP contribution in [0.25, 0.3) is 0 Å². The molecule has 118 valence electrons. The van der Waals surface area contributed by atoms with Gasteiger partial charge in [0.25, 0.3) is 5.91 Å². The number of urea groups is 1. The highest BCUT2D eigenvalue weighted by Gasteiger charge is 2.50. The lowest BCUT2D eigenvalue weighted by molar-refractivity contribution is -0.135. The normalized spacial score (nSPS) is 23.6. The maximum Gasteiger partial charge on any atom is 0.325 e. The molecule has 1 spiro atoms. The van der Waals surface area contributed by atoms with E-state index in [0.29, 0.717) is 12.8 Å². The van der Waals surface area contributed by atoms with Crippen LogP contribution >= 0.6 is 0 Å². The lowest BCUT2D eigenvalue weighted by Crippen LogP contribution is -2.47. The van der Waals surface area contributed by atoms with Gasteiger partial charge in [0, 0.05) is 5.92 Å². The average Bonchev–Trinajstić information content (AvgIpc) is 2.67. The van der Waals surface area contributed by atoms with Gasteiger partial charge in [-0.1, -0.05) is 46.0 Å². The van der Waals surface area contributed by atoms with Gasteiger partial charge in [-0.05, 0) is 19.3 Å². The number of amides is 3. The fourth-order valence-electron chi connectivity index (χ4n) is 3.21. The highest BCUT2D eigenvalue weighted by Crippen LogP contribution is 2.32. The summed E-state index contributed by atoms with van der Waals surface area (Å²) in [4.78, 5) is 38.0. The van der Waals surface area contributed by atoms with Crippen molar-refractivity contribution in [2.75, 3.05) is 6.54 Å². The lowest BCUT2D eigenvalue weighted by Gasteiger charge is -2.28. The number of carbonyl (C=O) groups excluding carboxylic acids is 3. The first-order valence-corrected chi connectivity index (χ1v) is 8.17. The second kappa shape index (κ2) is 6.58. The summed E-state index contributed by atoms with van der Waals surface area (Å²) < 4.78 is 0. The number of Topliss-reactive ketones (excluding diaryl/α,β-unsaturated/α-hetero) is 1. The molecule has 1 N–H and O–H groups in total. The number of hydrogen-bond acceptors (Lipinski definition) is 3. The SMILES string of the molecule is CCC(C)C(=O)CN1C(=O)NC2(CCCCCCC2)C1=O. The third-order valence-electron chi connectivity index (χ3n) is 4.93. The number of hydrogen-bond donors (Lipinski definition) is 1. The second-order valence-electron chi connectivity index (χ2n) is 6.45. The first kappa shape index (κ1) is 16.0. The van der Waals surface area contributed by atoms with Crippen molar-refractivity contribution in [1.82, 2.24) is 10.2 Å². The van der Waals surface area contributed by atoms with Crippen LogP contribution in [-0.4, -0.2) is 34.7 Å². The van der Waals surface area contributed by atoms with Gasteiger partial charge in [-0.25, -0.2) is 4.79 Å². The molecule has 1 aliphatic carbocycles. The molecule has 0 bridgehead atoms. The van der Waals surface area contributed by atoms with Crippen LogP contribution in [0, 0.1) is 5.92 Å². The van der Waals surface area contributed by atoms with E-state index in [1.165, 1.54) is 6.42 Å². The Morgan fingerprint density at radius 2 is 1.76 bits per heavy atom. The van der Waals surface area contributed by atoms with Gasteiger partial charge >= 0.3 is 6.03 Å². The fourth-order valence-corrected chi connectivity index (χ4v) is 3.21. The predicted molar refractivity (Wildman–Crippen MR) is 79.8 cm³/mol. The largest absolute Gasteiger partial charge is 0.325 e. The van der Waals surface area contributed by atoms with Gasteiger partial charge in [-0.2, -0.15) is 0 Å². The maximum atomic E-state index is 12.7. The molecule has 1 saturated heterocycles. The highest BCUT2D eigenvalue weighted by atomic mass is 16.2. The molecule has 1 aliphatic heterocycles. The number of imide groups is 1. The topological polar surface area (TPSA) is 66.5 Å². The van der Waals surface area contributed by atoms with E-state index < -0.39 is 11.6 Å². The van der Waals surface area contributed by atoms with Crippen molar-refractivity contribution in [1.29, 1.82) is 0 Å². The van der Waals surface area contributed by atoms with Crippen LogP contribution in [0.4, 0.5) is 4.79 Å². The van der Waals surface area contributed by atoms with Crippen LogP contribution in [0.2, 0.25) is 0 Å². The summed E-state index contributed by atoms with van der Waals surface area (Å²) in [5, 5.41) is 2.88. The molecule has 0 aromatic carbocycles. The molecule has 1 atom stereocenters. The summed E-state index contributed by atoms with van der Waals surface area (Å²) in [5.74, 6) is -0.338. The Balaban J connectivity index is 2.09. The Morgan fingerprint density at radius 1 is 1.19 bits per heavy atom. The molecule has 2 aliphatic rings. The van der Waals surface area contributed by atoms with E-state index in [4.69, 9.17) is 0 Å². The van der Waals surface area contributed by atoms with Crippen LogP contribution in [-0.2, 0) is 9.59 Å². The van der Waals surface area contributed by atoms with E-state index in [1.54, 1.807) is 0 Å². The molecule has 3 amide bonds. The minimum Gasteiger partial charge on any atom is -0.323 e.